The molecule has 47 heavy (non-hydrogen) atoms. The molecule has 0 N–H and O–H groups in total. The predicted octanol–water partition coefficient (Wildman–Crippen LogP) is 9.84. The summed E-state index contributed by atoms with van der Waals surface area (Å²) in [5.41, 5.74) is 15.4. The quantitative estimate of drug-likeness (QED) is 0.182. The van der Waals surface area contributed by atoms with Gasteiger partial charge in [0, 0.05) is 11.1 Å². The van der Waals surface area contributed by atoms with Gasteiger partial charge in [0.15, 0.2) is 6.20 Å². The van der Waals surface area contributed by atoms with Gasteiger partial charge in [-0.3, -0.25) is 0 Å². The Bertz CT molecular complexity index is 2340. The lowest BCUT2D eigenvalue weighted by Gasteiger charge is -2.30. The average molecular weight is 612 g/mol. The van der Waals surface area contributed by atoms with E-state index in [0.717, 1.165) is 39.3 Å². The Morgan fingerprint density at radius 2 is 1.04 bits per heavy atom. The molecule has 0 bridgehead atoms. The summed E-state index contributed by atoms with van der Waals surface area (Å²) in [5, 5.41) is 0. The fourth-order valence-electron chi connectivity index (χ4n) is 8.03. The molecule has 0 unspecified atom stereocenters. The molecule has 4 heteroatoms. The molecule has 0 amide bonds. The first-order valence-electron chi connectivity index (χ1n) is 15.8. The highest BCUT2D eigenvalue weighted by Gasteiger charge is 2.51. The van der Waals surface area contributed by atoms with Gasteiger partial charge in [0.2, 0.25) is 5.69 Å². The maximum absolute atomic E-state index is 14.3. The third-order valence-electron chi connectivity index (χ3n) is 9.98. The van der Waals surface area contributed by atoms with E-state index in [1.165, 1.54) is 62.7 Å². The maximum Gasteiger partial charge on any atom is 0.239 e. The number of hydrogen-bond donors (Lipinski definition) is 0. The molecule has 0 atom stereocenters. The molecule has 1 aromatic heterocycles. The van der Waals surface area contributed by atoms with E-state index in [0.29, 0.717) is 0 Å². The molecule has 224 valence electrons. The zero-order valence-electron chi connectivity index (χ0n) is 25.9. The molecule has 0 saturated carbocycles. The topological polar surface area (TPSA) is 16.8 Å². The van der Waals surface area contributed by atoms with Crippen LogP contribution < -0.4 is 4.57 Å². The van der Waals surface area contributed by atoms with Crippen molar-refractivity contribution < 1.29 is 13.3 Å². The fraction of sp³-hybridized carbons (Fsp3) is 0.0698. The molecule has 2 aliphatic rings. The second-order valence-electron chi connectivity index (χ2n) is 12.5. The smallest absolute Gasteiger partial charge is 0.234 e. The molecule has 6 aromatic carbocycles. The molecule has 9 rings (SSSR count). The first-order valence-corrected chi connectivity index (χ1v) is 15.8. The molecule has 2 aliphatic carbocycles. The summed E-state index contributed by atoms with van der Waals surface area (Å²) in [7, 11) is 1.99. The van der Waals surface area contributed by atoms with Gasteiger partial charge in [-0.1, -0.05) is 84.9 Å². The van der Waals surface area contributed by atoms with E-state index in [1.54, 1.807) is 18.2 Å². The average Bonchev–Trinajstić information content (AvgIpc) is 3.56. The molecule has 1 spiro atoms. The van der Waals surface area contributed by atoms with Crippen LogP contribution in [-0.4, -0.2) is 4.98 Å². The van der Waals surface area contributed by atoms with Crippen molar-refractivity contribution >= 4 is 0 Å². The van der Waals surface area contributed by atoms with E-state index in [2.05, 4.69) is 95.6 Å². The van der Waals surface area contributed by atoms with Crippen LogP contribution in [0.5, 0.6) is 0 Å². The summed E-state index contributed by atoms with van der Waals surface area (Å²) >= 11 is 0. The summed E-state index contributed by atoms with van der Waals surface area (Å²) in [6.45, 7) is 1.93. The number of hydrogen-bond acceptors (Lipinski definition) is 1. The van der Waals surface area contributed by atoms with Crippen molar-refractivity contribution in [1.82, 2.24) is 4.98 Å². The monoisotopic (exact) mass is 611 g/mol. The van der Waals surface area contributed by atoms with Gasteiger partial charge in [-0.05, 0) is 106 Å². The van der Waals surface area contributed by atoms with E-state index in [-0.39, 0.29) is 11.6 Å². The number of halogens is 2. The van der Waals surface area contributed by atoms with Crippen molar-refractivity contribution in [1.29, 1.82) is 0 Å². The minimum absolute atomic E-state index is 0.276. The minimum Gasteiger partial charge on any atom is -0.234 e. The Labute approximate surface area is 272 Å². The van der Waals surface area contributed by atoms with Crippen LogP contribution >= 0.6 is 0 Å². The van der Waals surface area contributed by atoms with Gasteiger partial charge in [-0.15, -0.1) is 0 Å². The Morgan fingerprint density at radius 3 is 1.64 bits per heavy atom. The SMILES string of the molecule is Cc1cc(F)ccc1-c1c(-c2ccc3c(c2)C2(c4ccccc4-c4ccccc42)c2ccccc2-3)nc(-c2ccc(F)cc2)c[n+]1C. The van der Waals surface area contributed by atoms with E-state index in [4.69, 9.17) is 4.98 Å². The number of benzene rings is 6. The fourth-order valence-corrected chi connectivity index (χ4v) is 8.03. The van der Waals surface area contributed by atoms with E-state index in [1.807, 2.05) is 26.2 Å². The van der Waals surface area contributed by atoms with Crippen LogP contribution in [0.1, 0.15) is 27.8 Å². The summed E-state index contributed by atoms with van der Waals surface area (Å²) < 4.78 is 30.3. The predicted molar refractivity (Wildman–Crippen MR) is 183 cm³/mol. The van der Waals surface area contributed by atoms with Crippen LogP contribution in [0.2, 0.25) is 0 Å². The maximum atomic E-state index is 14.3. The van der Waals surface area contributed by atoms with Gasteiger partial charge < -0.3 is 0 Å². The summed E-state index contributed by atoms with van der Waals surface area (Å²) in [6.07, 6.45) is 1.96. The molecule has 7 aromatic rings. The number of nitrogens with zero attached hydrogens (tertiary/aromatic N) is 2. The lowest BCUT2D eigenvalue weighted by atomic mass is 9.70. The number of aryl methyl sites for hydroxylation is 2. The van der Waals surface area contributed by atoms with Crippen molar-refractivity contribution in [2.45, 2.75) is 12.3 Å². The molecule has 2 nitrogen and oxygen atoms in total. The van der Waals surface area contributed by atoms with Crippen LogP contribution in [0.4, 0.5) is 8.78 Å². The lowest BCUT2D eigenvalue weighted by Crippen LogP contribution is -2.33. The first kappa shape index (κ1) is 27.6. The van der Waals surface area contributed by atoms with Crippen LogP contribution in [0, 0.1) is 18.6 Å². The Kier molecular flexibility index (Phi) is 5.94. The van der Waals surface area contributed by atoms with E-state index in [9.17, 15) is 8.78 Å². The largest absolute Gasteiger partial charge is 0.239 e. The third kappa shape index (κ3) is 3.88. The highest BCUT2D eigenvalue weighted by molar-refractivity contribution is 5.96. The van der Waals surface area contributed by atoms with Gasteiger partial charge in [-0.25, -0.2) is 13.8 Å². The van der Waals surface area contributed by atoms with Crippen LogP contribution in [0.25, 0.3) is 56.0 Å². The van der Waals surface area contributed by atoms with Crippen molar-refractivity contribution in [2.75, 3.05) is 0 Å². The number of fused-ring (bicyclic) bond motifs is 10. The normalized spacial score (nSPS) is 13.3. The molecule has 1 heterocycles. The number of rotatable bonds is 3. The Balaban J connectivity index is 1.36. The van der Waals surface area contributed by atoms with Gasteiger partial charge in [0.25, 0.3) is 0 Å². The molecule has 0 aliphatic heterocycles. The van der Waals surface area contributed by atoms with Crippen LogP contribution in [0.15, 0.2) is 140 Å². The zero-order chi connectivity index (χ0) is 31.9. The van der Waals surface area contributed by atoms with Gasteiger partial charge >= 0.3 is 0 Å². The Hall–Kier alpha value is -5.74. The number of aromatic nitrogens is 2. The van der Waals surface area contributed by atoms with Gasteiger partial charge in [-0.2, -0.15) is 4.57 Å². The summed E-state index contributed by atoms with van der Waals surface area (Å²) in [4.78, 5) is 5.28. The zero-order valence-corrected chi connectivity index (χ0v) is 25.9. The van der Waals surface area contributed by atoms with Crippen LogP contribution in [-0.2, 0) is 12.5 Å². The standard InChI is InChI=1S/C43H29F2N2/c1-26-23-30(45)20-22-31(26)42-41(46-40(25-47(42)2)27-15-18-29(44)19-16-27)28-17-21-35-34-11-5-8-14-38(34)43(39(35)24-28)36-12-6-3-9-32(36)33-10-4-7-13-37(33)43/h3-25H,1-2H3/q+1. The second-order valence-corrected chi connectivity index (χ2v) is 12.5. The van der Waals surface area contributed by atoms with E-state index < -0.39 is 5.41 Å². The summed E-state index contributed by atoms with van der Waals surface area (Å²) in [5.74, 6) is -0.570. The van der Waals surface area contributed by atoms with E-state index >= 15 is 0 Å². The van der Waals surface area contributed by atoms with Gasteiger partial charge in [0.1, 0.15) is 30.1 Å². The Morgan fingerprint density at radius 1 is 0.532 bits per heavy atom. The molecular weight excluding hydrogens is 582 g/mol. The van der Waals surface area contributed by atoms with Crippen LogP contribution in [0.3, 0.4) is 0 Å². The summed E-state index contributed by atoms with van der Waals surface area (Å²) in [6, 6.07) is 44.3. The first-order chi connectivity index (χ1) is 22.9. The third-order valence-corrected chi connectivity index (χ3v) is 9.98. The van der Waals surface area contributed by atoms with Gasteiger partial charge in [0.05, 0.1) is 11.0 Å². The molecule has 0 radical (unpaired) electrons. The van der Waals surface area contributed by atoms with Crippen molar-refractivity contribution in [3.05, 3.63) is 179 Å². The van der Waals surface area contributed by atoms with Crippen molar-refractivity contribution in [2.24, 2.45) is 7.05 Å². The van der Waals surface area contributed by atoms with Crippen molar-refractivity contribution in [3.8, 4) is 56.0 Å². The highest BCUT2D eigenvalue weighted by atomic mass is 19.1. The highest BCUT2D eigenvalue weighted by Crippen LogP contribution is 2.63. The molecular formula is C43H29F2N2+. The lowest BCUT2D eigenvalue weighted by molar-refractivity contribution is -0.659. The molecule has 0 fully saturated rings. The van der Waals surface area contributed by atoms with Crippen molar-refractivity contribution in [3.63, 3.8) is 0 Å². The molecule has 0 saturated heterocycles. The minimum atomic E-state index is -0.488. The second kappa shape index (κ2) is 10.1.